The first-order valence-corrected chi connectivity index (χ1v) is 6.45. The highest BCUT2D eigenvalue weighted by Gasteiger charge is 2.10. The van der Waals surface area contributed by atoms with Gasteiger partial charge < -0.3 is 5.32 Å². The highest BCUT2D eigenvalue weighted by Crippen LogP contribution is 2.17. The van der Waals surface area contributed by atoms with E-state index in [1.54, 1.807) is 0 Å². The van der Waals surface area contributed by atoms with Crippen LogP contribution in [0.5, 0.6) is 0 Å². The van der Waals surface area contributed by atoms with E-state index in [4.69, 9.17) is 11.6 Å². The van der Waals surface area contributed by atoms with Gasteiger partial charge in [0, 0.05) is 12.1 Å². The lowest BCUT2D eigenvalue weighted by atomic mass is 10.2. The summed E-state index contributed by atoms with van der Waals surface area (Å²) in [6.07, 6.45) is 2.87. The van der Waals surface area contributed by atoms with E-state index in [9.17, 15) is 13.6 Å². The molecule has 0 radical (unpaired) electrons. The van der Waals surface area contributed by atoms with Crippen LogP contribution in [-0.2, 0) is 13.1 Å². The lowest BCUT2D eigenvalue weighted by Crippen LogP contribution is -2.23. The third-order valence-electron chi connectivity index (χ3n) is 2.76. The topological polar surface area (TPSA) is 46.9 Å². The standard InChI is InChI=1S/C14H12ClF2N3O/c1-2-5-20-14(21)13(15)12(8-19-20)18-7-9-6-10(16)3-4-11(9)17/h2-4,6,8,18H,1,5,7H2. The summed E-state index contributed by atoms with van der Waals surface area (Å²) in [5.74, 6) is -1.09. The minimum absolute atomic E-state index is 0.0180. The molecule has 0 spiro atoms. The Balaban J connectivity index is 2.21. The molecule has 0 aliphatic carbocycles. The van der Waals surface area contributed by atoms with Crippen molar-refractivity contribution in [1.82, 2.24) is 9.78 Å². The molecule has 2 rings (SSSR count). The number of benzene rings is 1. The van der Waals surface area contributed by atoms with Crippen molar-refractivity contribution >= 4 is 17.3 Å². The molecular formula is C14H12ClF2N3O. The largest absolute Gasteiger partial charge is 0.378 e. The van der Waals surface area contributed by atoms with Crippen LogP contribution >= 0.6 is 11.6 Å². The molecule has 1 aromatic heterocycles. The first kappa shape index (κ1) is 15.2. The van der Waals surface area contributed by atoms with E-state index in [1.807, 2.05) is 0 Å². The molecule has 0 fully saturated rings. The maximum Gasteiger partial charge on any atom is 0.287 e. The third kappa shape index (κ3) is 3.46. The summed E-state index contributed by atoms with van der Waals surface area (Å²) in [5.41, 5.74) is -0.103. The number of halogens is 3. The van der Waals surface area contributed by atoms with Crippen molar-refractivity contribution in [3.8, 4) is 0 Å². The van der Waals surface area contributed by atoms with Crippen LogP contribution in [0.4, 0.5) is 14.5 Å². The van der Waals surface area contributed by atoms with Crippen LogP contribution in [0, 0.1) is 11.6 Å². The molecule has 1 N–H and O–H groups in total. The maximum absolute atomic E-state index is 13.5. The van der Waals surface area contributed by atoms with Crippen molar-refractivity contribution in [3.05, 3.63) is 69.6 Å². The Morgan fingerprint density at radius 1 is 1.43 bits per heavy atom. The van der Waals surface area contributed by atoms with Gasteiger partial charge in [-0.1, -0.05) is 17.7 Å². The number of nitrogens with one attached hydrogen (secondary N) is 1. The van der Waals surface area contributed by atoms with Gasteiger partial charge in [0.2, 0.25) is 0 Å². The summed E-state index contributed by atoms with van der Waals surface area (Å²) >= 11 is 5.93. The van der Waals surface area contributed by atoms with Gasteiger partial charge in [0.05, 0.1) is 18.4 Å². The van der Waals surface area contributed by atoms with Gasteiger partial charge in [0.25, 0.3) is 5.56 Å². The second-order valence-corrected chi connectivity index (χ2v) is 4.62. The van der Waals surface area contributed by atoms with Crippen LogP contribution in [0.25, 0.3) is 0 Å². The van der Waals surface area contributed by atoms with Crippen LogP contribution < -0.4 is 10.9 Å². The molecule has 110 valence electrons. The smallest absolute Gasteiger partial charge is 0.287 e. The number of hydrogen-bond acceptors (Lipinski definition) is 3. The van der Waals surface area contributed by atoms with Crippen LogP contribution in [0.3, 0.4) is 0 Å². The molecule has 7 heteroatoms. The van der Waals surface area contributed by atoms with Gasteiger partial charge in [-0.2, -0.15) is 5.10 Å². The Morgan fingerprint density at radius 3 is 2.90 bits per heavy atom. The van der Waals surface area contributed by atoms with E-state index in [2.05, 4.69) is 17.0 Å². The minimum atomic E-state index is -0.548. The fourth-order valence-corrected chi connectivity index (χ4v) is 1.92. The SMILES string of the molecule is C=CCn1ncc(NCc2cc(F)ccc2F)c(Cl)c1=O. The van der Waals surface area contributed by atoms with Gasteiger partial charge in [0.15, 0.2) is 0 Å². The third-order valence-corrected chi connectivity index (χ3v) is 3.13. The first-order valence-electron chi connectivity index (χ1n) is 6.07. The molecule has 0 aliphatic rings. The van der Waals surface area contributed by atoms with Gasteiger partial charge in [-0.25, -0.2) is 13.5 Å². The van der Waals surface area contributed by atoms with E-state index >= 15 is 0 Å². The van der Waals surface area contributed by atoms with Crippen LogP contribution in [0.15, 0.2) is 41.8 Å². The van der Waals surface area contributed by atoms with Crippen molar-refractivity contribution in [1.29, 1.82) is 0 Å². The molecule has 0 aliphatic heterocycles. The lowest BCUT2D eigenvalue weighted by molar-refractivity contribution is 0.587. The first-order chi connectivity index (χ1) is 10.0. The molecule has 0 saturated carbocycles. The van der Waals surface area contributed by atoms with Gasteiger partial charge >= 0.3 is 0 Å². The number of anilines is 1. The van der Waals surface area contributed by atoms with Crippen molar-refractivity contribution in [2.45, 2.75) is 13.1 Å². The van der Waals surface area contributed by atoms with Gasteiger partial charge in [0.1, 0.15) is 16.7 Å². The van der Waals surface area contributed by atoms with E-state index in [-0.39, 0.29) is 29.4 Å². The predicted octanol–water partition coefficient (Wildman–Crippen LogP) is 2.97. The van der Waals surface area contributed by atoms with Crippen molar-refractivity contribution in [3.63, 3.8) is 0 Å². The average Bonchev–Trinajstić information content (AvgIpc) is 2.46. The summed E-state index contributed by atoms with van der Waals surface area (Å²) in [6.45, 7) is 3.72. The van der Waals surface area contributed by atoms with Crippen LogP contribution in [-0.4, -0.2) is 9.78 Å². The molecule has 0 atom stereocenters. The van der Waals surface area contributed by atoms with Crippen molar-refractivity contribution in [2.75, 3.05) is 5.32 Å². The Morgan fingerprint density at radius 2 is 2.19 bits per heavy atom. The van der Waals surface area contributed by atoms with Crippen LogP contribution in [0.2, 0.25) is 5.02 Å². The van der Waals surface area contributed by atoms with Gasteiger partial charge in [-0.05, 0) is 18.2 Å². The summed E-state index contributed by atoms with van der Waals surface area (Å²) in [6, 6.07) is 3.14. The van der Waals surface area contributed by atoms with E-state index < -0.39 is 17.2 Å². The zero-order valence-corrected chi connectivity index (χ0v) is 11.7. The summed E-state index contributed by atoms with van der Waals surface area (Å²) < 4.78 is 27.7. The molecule has 0 unspecified atom stereocenters. The Hall–Kier alpha value is -2.21. The molecule has 0 amide bonds. The number of allylic oxidation sites excluding steroid dienone is 1. The van der Waals surface area contributed by atoms with Crippen LogP contribution in [0.1, 0.15) is 5.56 Å². The second-order valence-electron chi connectivity index (χ2n) is 4.24. The highest BCUT2D eigenvalue weighted by molar-refractivity contribution is 6.32. The molecule has 21 heavy (non-hydrogen) atoms. The predicted molar refractivity (Wildman–Crippen MR) is 77.4 cm³/mol. The molecule has 1 aromatic carbocycles. The van der Waals surface area contributed by atoms with Gasteiger partial charge in [-0.15, -0.1) is 6.58 Å². The Kier molecular flexibility index (Phi) is 4.70. The monoisotopic (exact) mass is 311 g/mol. The number of nitrogens with zero attached hydrogens (tertiary/aromatic N) is 2. The molecular weight excluding hydrogens is 300 g/mol. The lowest BCUT2D eigenvalue weighted by Gasteiger charge is -2.10. The summed E-state index contributed by atoms with van der Waals surface area (Å²) in [4.78, 5) is 11.9. The number of rotatable bonds is 5. The fourth-order valence-electron chi connectivity index (χ4n) is 1.71. The highest BCUT2D eigenvalue weighted by atomic mass is 35.5. The van der Waals surface area contributed by atoms with Crippen molar-refractivity contribution < 1.29 is 8.78 Å². The molecule has 1 heterocycles. The fraction of sp³-hybridized carbons (Fsp3) is 0.143. The van der Waals surface area contributed by atoms with E-state index in [0.29, 0.717) is 0 Å². The average molecular weight is 312 g/mol. The number of hydrogen-bond donors (Lipinski definition) is 1. The van der Waals surface area contributed by atoms with E-state index in [1.165, 1.54) is 12.3 Å². The zero-order valence-electron chi connectivity index (χ0n) is 10.9. The molecule has 0 bridgehead atoms. The summed E-state index contributed by atoms with van der Waals surface area (Å²) in [7, 11) is 0. The van der Waals surface area contributed by atoms with E-state index in [0.717, 1.165) is 22.9 Å². The minimum Gasteiger partial charge on any atom is -0.378 e. The Labute approximate surface area is 124 Å². The summed E-state index contributed by atoms with van der Waals surface area (Å²) in [5, 5.41) is 6.60. The molecule has 4 nitrogen and oxygen atoms in total. The molecule has 2 aromatic rings. The van der Waals surface area contributed by atoms with Crippen molar-refractivity contribution in [2.24, 2.45) is 0 Å². The molecule has 0 saturated heterocycles. The number of aromatic nitrogens is 2. The quantitative estimate of drug-likeness (QED) is 0.864. The normalized spacial score (nSPS) is 10.4. The zero-order chi connectivity index (χ0) is 15.4. The van der Waals surface area contributed by atoms with Gasteiger partial charge in [-0.3, -0.25) is 4.79 Å². The second kappa shape index (κ2) is 6.49. The maximum atomic E-state index is 13.5. The Bertz CT molecular complexity index is 731.